The van der Waals surface area contributed by atoms with Crippen LogP contribution in [0.5, 0.6) is 0 Å². The molecule has 0 aliphatic rings. The number of nitrogens with one attached hydrogen (secondary N) is 1. The van der Waals surface area contributed by atoms with Gasteiger partial charge in [-0.2, -0.15) is 0 Å². The van der Waals surface area contributed by atoms with Crippen LogP contribution in [0.15, 0.2) is 30.3 Å². The summed E-state index contributed by atoms with van der Waals surface area (Å²) in [5, 5.41) is 2.47. The van der Waals surface area contributed by atoms with E-state index in [9.17, 15) is 9.59 Å². The summed E-state index contributed by atoms with van der Waals surface area (Å²) in [4.78, 5) is 24.3. The van der Waals surface area contributed by atoms with Crippen molar-refractivity contribution in [1.82, 2.24) is 10.2 Å². The Morgan fingerprint density at radius 3 is 2.55 bits per heavy atom. The lowest BCUT2D eigenvalue weighted by molar-refractivity contribution is -0.131. The molecule has 0 aliphatic carbocycles. The Labute approximate surface area is 120 Å². The van der Waals surface area contributed by atoms with Crippen molar-refractivity contribution in [1.29, 1.82) is 0 Å². The lowest BCUT2D eigenvalue weighted by Crippen LogP contribution is -2.40. The number of amides is 2. The molecule has 0 aliphatic heterocycles. The summed E-state index contributed by atoms with van der Waals surface area (Å²) in [6.45, 7) is 0.628. The molecule has 0 unspecified atom stereocenters. The molecule has 0 bridgehead atoms. The number of nitrogens with two attached hydrogens (primary N) is 1. The van der Waals surface area contributed by atoms with Gasteiger partial charge >= 0.3 is 0 Å². The second-order valence-electron chi connectivity index (χ2n) is 4.74. The Kier molecular flexibility index (Phi) is 7.35. The Balaban J connectivity index is 2.14. The molecule has 5 heteroatoms. The van der Waals surface area contributed by atoms with Crippen LogP contribution >= 0.6 is 0 Å². The molecule has 5 nitrogen and oxygen atoms in total. The van der Waals surface area contributed by atoms with E-state index < -0.39 is 0 Å². The second kappa shape index (κ2) is 9.09. The van der Waals surface area contributed by atoms with Gasteiger partial charge in [-0.15, -0.1) is 0 Å². The first kappa shape index (κ1) is 16.2. The van der Waals surface area contributed by atoms with E-state index in [1.54, 1.807) is 11.9 Å². The van der Waals surface area contributed by atoms with Gasteiger partial charge in [0.1, 0.15) is 0 Å². The number of benzene rings is 1. The van der Waals surface area contributed by atoms with Crippen LogP contribution < -0.4 is 11.1 Å². The average molecular weight is 277 g/mol. The third kappa shape index (κ3) is 6.33. The normalized spacial score (nSPS) is 10.1. The molecule has 2 amide bonds. The van der Waals surface area contributed by atoms with Gasteiger partial charge in [-0.3, -0.25) is 9.59 Å². The minimum atomic E-state index is -0.309. The van der Waals surface area contributed by atoms with E-state index in [2.05, 4.69) is 17.4 Å². The molecule has 0 saturated carbocycles. The van der Waals surface area contributed by atoms with Gasteiger partial charge in [0.05, 0.1) is 13.1 Å². The number of carbonyl (C=O) groups is 2. The van der Waals surface area contributed by atoms with Gasteiger partial charge in [0.25, 0.3) is 0 Å². The number of rotatable bonds is 8. The van der Waals surface area contributed by atoms with Crippen molar-refractivity contribution in [3.63, 3.8) is 0 Å². The number of unbranched alkanes of at least 4 members (excludes halogenated alkanes) is 1. The highest BCUT2D eigenvalue weighted by Crippen LogP contribution is 2.04. The van der Waals surface area contributed by atoms with Crippen molar-refractivity contribution in [2.45, 2.75) is 19.3 Å². The largest absolute Gasteiger partial charge is 0.346 e. The molecule has 110 valence electrons. The predicted octanol–water partition coefficient (Wildman–Crippen LogP) is 0.543. The molecule has 0 spiro atoms. The van der Waals surface area contributed by atoms with Crippen LogP contribution in [0, 0.1) is 0 Å². The molecule has 20 heavy (non-hydrogen) atoms. The van der Waals surface area contributed by atoms with Gasteiger partial charge < -0.3 is 16.0 Å². The van der Waals surface area contributed by atoms with Gasteiger partial charge in [-0.1, -0.05) is 30.3 Å². The maximum atomic E-state index is 11.7. The average Bonchev–Trinajstić information content (AvgIpc) is 2.49. The molecule has 0 heterocycles. The molecular formula is C15H23N3O2. The Morgan fingerprint density at radius 2 is 1.90 bits per heavy atom. The molecule has 0 saturated heterocycles. The Bertz CT molecular complexity index is 420. The number of hydrogen-bond donors (Lipinski definition) is 2. The van der Waals surface area contributed by atoms with Gasteiger partial charge in [0, 0.05) is 13.6 Å². The smallest absolute Gasteiger partial charge is 0.241 e. The van der Waals surface area contributed by atoms with Crippen molar-refractivity contribution in [3.8, 4) is 0 Å². The molecule has 1 aromatic carbocycles. The van der Waals surface area contributed by atoms with Crippen molar-refractivity contribution in [2.24, 2.45) is 5.73 Å². The van der Waals surface area contributed by atoms with Crippen LogP contribution in [0.2, 0.25) is 0 Å². The van der Waals surface area contributed by atoms with E-state index in [0.717, 1.165) is 19.3 Å². The fraction of sp³-hybridized carbons (Fsp3) is 0.467. The third-order valence-electron chi connectivity index (χ3n) is 3.10. The standard InChI is InChI=1S/C15H23N3O2/c1-18(15(20)12-17-14(19)11-16)10-6-5-9-13-7-3-2-4-8-13/h2-4,7-8H,5-6,9-12,16H2,1H3,(H,17,19). The summed E-state index contributed by atoms with van der Waals surface area (Å²) in [6.07, 6.45) is 3.01. The number of aryl methyl sites for hydroxylation is 1. The van der Waals surface area contributed by atoms with E-state index >= 15 is 0 Å². The monoisotopic (exact) mass is 277 g/mol. The summed E-state index contributed by atoms with van der Waals surface area (Å²) in [5.41, 5.74) is 6.47. The molecule has 1 aromatic rings. The van der Waals surface area contributed by atoms with E-state index in [1.165, 1.54) is 5.56 Å². The number of likely N-dealkylation sites (N-methyl/N-ethyl adjacent to an activating group) is 1. The molecule has 3 N–H and O–H groups in total. The van der Waals surface area contributed by atoms with Gasteiger partial charge in [-0.25, -0.2) is 0 Å². The van der Waals surface area contributed by atoms with Crippen LogP contribution in [0.4, 0.5) is 0 Å². The maximum Gasteiger partial charge on any atom is 0.241 e. The van der Waals surface area contributed by atoms with E-state index in [-0.39, 0.29) is 24.9 Å². The van der Waals surface area contributed by atoms with Crippen molar-refractivity contribution in [3.05, 3.63) is 35.9 Å². The fourth-order valence-electron chi connectivity index (χ4n) is 1.83. The van der Waals surface area contributed by atoms with Crippen molar-refractivity contribution in [2.75, 3.05) is 26.7 Å². The predicted molar refractivity (Wildman–Crippen MR) is 79.1 cm³/mol. The number of carbonyl (C=O) groups excluding carboxylic acids is 2. The second-order valence-corrected chi connectivity index (χ2v) is 4.74. The highest BCUT2D eigenvalue weighted by Gasteiger charge is 2.09. The molecule has 0 fully saturated rings. The summed E-state index contributed by atoms with van der Waals surface area (Å²) >= 11 is 0. The summed E-state index contributed by atoms with van der Waals surface area (Å²) < 4.78 is 0. The zero-order valence-electron chi connectivity index (χ0n) is 12.0. The molecule has 0 radical (unpaired) electrons. The zero-order valence-corrected chi connectivity index (χ0v) is 12.0. The van der Waals surface area contributed by atoms with Crippen LogP contribution in [0.25, 0.3) is 0 Å². The van der Waals surface area contributed by atoms with Crippen molar-refractivity contribution >= 4 is 11.8 Å². The minimum Gasteiger partial charge on any atom is -0.346 e. The first-order chi connectivity index (χ1) is 9.63. The lowest BCUT2D eigenvalue weighted by atomic mass is 10.1. The molecule has 0 aromatic heterocycles. The molecule has 0 atom stereocenters. The topological polar surface area (TPSA) is 75.4 Å². The number of hydrogen-bond acceptors (Lipinski definition) is 3. The highest BCUT2D eigenvalue weighted by molar-refractivity contribution is 5.85. The summed E-state index contributed by atoms with van der Waals surface area (Å²) in [5.74, 6) is -0.401. The fourth-order valence-corrected chi connectivity index (χ4v) is 1.83. The van der Waals surface area contributed by atoms with Crippen molar-refractivity contribution < 1.29 is 9.59 Å². The maximum absolute atomic E-state index is 11.7. The SMILES string of the molecule is CN(CCCCc1ccccc1)C(=O)CNC(=O)CN. The quantitative estimate of drug-likeness (QED) is 0.681. The molecule has 1 rings (SSSR count). The third-order valence-corrected chi connectivity index (χ3v) is 3.10. The first-order valence-corrected chi connectivity index (χ1v) is 6.88. The van der Waals surface area contributed by atoms with Crippen LogP contribution in [-0.2, 0) is 16.0 Å². The van der Waals surface area contributed by atoms with E-state index in [4.69, 9.17) is 5.73 Å². The van der Waals surface area contributed by atoms with Gasteiger partial charge in [-0.05, 0) is 24.8 Å². The summed E-state index contributed by atoms with van der Waals surface area (Å²) in [6, 6.07) is 10.3. The Hall–Kier alpha value is -1.88. The van der Waals surface area contributed by atoms with E-state index in [1.807, 2.05) is 18.2 Å². The van der Waals surface area contributed by atoms with Gasteiger partial charge in [0.2, 0.25) is 11.8 Å². The Morgan fingerprint density at radius 1 is 1.20 bits per heavy atom. The van der Waals surface area contributed by atoms with Gasteiger partial charge in [0.15, 0.2) is 0 Å². The molecular weight excluding hydrogens is 254 g/mol. The first-order valence-electron chi connectivity index (χ1n) is 6.88. The van der Waals surface area contributed by atoms with E-state index in [0.29, 0.717) is 6.54 Å². The summed E-state index contributed by atoms with van der Waals surface area (Å²) in [7, 11) is 1.75. The van der Waals surface area contributed by atoms with Crippen LogP contribution in [0.1, 0.15) is 18.4 Å². The minimum absolute atomic E-state index is 0.0191. The zero-order chi connectivity index (χ0) is 14.8. The lowest BCUT2D eigenvalue weighted by Gasteiger charge is -2.17. The van der Waals surface area contributed by atoms with Crippen LogP contribution in [0.3, 0.4) is 0 Å². The highest BCUT2D eigenvalue weighted by atomic mass is 16.2. The van der Waals surface area contributed by atoms with Crippen LogP contribution in [-0.4, -0.2) is 43.4 Å². The number of nitrogens with zero attached hydrogens (tertiary/aromatic N) is 1.